The molecule has 2 rings (SSSR count). The van der Waals surface area contributed by atoms with Crippen molar-refractivity contribution >= 4 is 17.3 Å². The number of anilines is 1. The zero-order valence-corrected chi connectivity index (χ0v) is 9.31. The summed E-state index contributed by atoms with van der Waals surface area (Å²) in [5.41, 5.74) is 0.876. The first-order valence-corrected chi connectivity index (χ1v) is 5.27. The Labute approximate surface area is 97.6 Å². The van der Waals surface area contributed by atoms with Gasteiger partial charge in [0.25, 0.3) is 0 Å². The number of nitrogens with zero attached hydrogens (tertiary/aromatic N) is 2. The lowest BCUT2D eigenvalue weighted by molar-refractivity contribution is 0.269. The van der Waals surface area contributed by atoms with E-state index in [9.17, 15) is 0 Å². The van der Waals surface area contributed by atoms with Crippen molar-refractivity contribution in [1.29, 1.82) is 0 Å². The highest BCUT2D eigenvalue weighted by molar-refractivity contribution is 6.28. The summed E-state index contributed by atoms with van der Waals surface area (Å²) in [4.78, 5) is 0. The summed E-state index contributed by atoms with van der Waals surface area (Å²) in [6, 6.07) is 3.52. The van der Waals surface area contributed by atoms with E-state index in [0.29, 0.717) is 18.3 Å². The van der Waals surface area contributed by atoms with Gasteiger partial charge in [-0.15, -0.1) is 0 Å². The molecule has 0 saturated heterocycles. The second kappa shape index (κ2) is 5.05. The minimum atomic E-state index is 0.0783. The fourth-order valence-electron chi connectivity index (χ4n) is 1.32. The van der Waals surface area contributed by atoms with Gasteiger partial charge in [-0.1, -0.05) is 0 Å². The molecule has 16 heavy (non-hydrogen) atoms. The molecule has 0 bridgehead atoms. The number of hydrogen-bond acceptors (Lipinski definition) is 4. The van der Waals surface area contributed by atoms with Crippen molar-refractivity contribution in [2.45, 2.75) is 13.1 Å². The van der Waals surface area contributed by atoms with E-state index in [2.05, 4.69) is 10.4 Å². The van der Waals surface area contributed by atoms with Crippen molar-refractivity contribution < 1.29 is 9.52 Å². The van der Waals surface area contributed by atoms with Gasteiger partial charge >= 0.3 is 0 Å². The molecule has 0 atom stereocenters. The molecule has 0 aromatic carbocycles. The fourth-order valence-corrected chi connectivity index (χ4v) is 1.48. The van der Waals surface area contributed by atoms with E-state index in [4.69, 9.17) is 21.1 Å². The molecule has 0 saturated carbocycles. The van der Waals surface area contributed by atoms with Crippen LogP contribution in [0.5, 0.6) is 0 Å². The molecule has 0 radical (unpaired) electrons. The Balaban J connectivity index is 1.89. The van der Waals surface area contributed by atoms with Gasteiger partial charge < -0.3 is 14.8 Å². The van der Waals surface area contributed by atoms with Crippen molar-refractivity contribution in [3.05, 3.63) is 35.5 Å². The summed E-state index contributed by atoms with van der Waals surface area (Å²) in [5, 5.41) is 16.3. The zero-order valence-electron chi connectivity index (χ0n) is 8.56. The molecule has 0 aliphatic rings. The van der Waals surface area contributed by atoms with E-state index < -0.39 is 0 Å². The molecule has 0 aliphatic carbocycles. The molecule has 0 spiro atoms. The largest absolute Gasteiger partial charge is 0.448 e. The molecule has 0 fully saturated rings. The van der Waals surface area contributed by atoms with Crippen molar-refractivity contribution in [2.24, 2.45) is 0 Å². The highest BCUT2D eigenvalue weighted by Gasteiger charge is 2.01. The molecule has 6 heteroatoms. The molecular weight excluding hydrogens is 230 g/mol. The second-order valence-electron chi connectivity index (χ2n) is 3.28. The van der Waals surface area contributed by atoms with E-state index >= 15 is 0 Å². The molecule has 0 unspecified atom stereocenters. The maximum atomic E-state index is 8.73. The molecule has 86 valence electrons. The summed E-state index contributed by atoms with van der Waals surface area (Å²) in [6.45, 7) is 1.13. The molecule has 2 heterocycles. The summed E-state index contributed by atoms with van der Waals surface area (Å²) < 4.78 is 6.86. The Hall–Kier alpha value is -1.46. The first kappa shape index (κ1) is 11.0. The van der Waals surface area contributed by atoms with E-state index in [1.807, 2.05) is 12.3 Å². The third-order valence-electron chi connectivity index (χ3n) is 2.06. The Morgan fingerprint density at radius 3 is 3.06 bits per heavy atom. The lowest BCUT2D eigenvalue weighted by atomic mass is 10.4. The highest BCUT2D eigenvalue weighted by Crippen LogP contribution is 2.14. The van der Waals surface area contributed by atoms with Gasteiger partial charge in [-0.25, -0.2) is 0 Å². The van der Waals surface area contributed by atoms with Crippen LogP contribution in [-0.4, -0.2) is 21.5 Å². The van der Waals surface area contributed by atoms with Crippen molar-refractivity contribution in [1.82, 2.24) is 9.78 Å². The third kappa shape index (κ3) is 2.77. The SMILES string of the molecule is OCCn1cc(NCc2ccc(Cl)o2)cn1. The van der Waals surface area contributed by atoms with Crippen LogP contribution in [-0.2, 0) is 13.1 Å². The van der Waals surface area contributed by atoms with Crippen LogP contribution < -0.4 is 5.32 Å². The maximum absolute atomic E-state index is 8.73. The molecule has 2 aromatic rings. The number of aliphatic hydroxyl groups is 1. The average Bonchev–Trinajstić information content (AvgIpc) is 2.85. The first-order chi connectivity index (χ1) is 7.78. The van der Waals surface area contributed by atoms with Gasteiger partial charge in [-0.3, -0.25) is 4.68 Å². The van der Waals surface area contributed by atoms with Crippen LogP contribution in [0.3, 0.4) is 0 Å². The van der Waals surface area contributed by atoms with Gasteiger partial charge in [0.1, 0.15) is 5.76 Å². The second-order valence-corrected chi connectivity index (χ2v) is 3.65. The predicted molar refractivity (Wildman–Crippen MR) is 60.4 cm³/mol. The van der Waals surface area contributed by atoms with Crippen molar-refractivity contribution in [2.75, 3.05) is 11.9 Å². The van der Waals surface area contributed by atoms with Crippen LogP contribution in [0.2, 0.25) is 5.22 Å². The van der Waals surface area contributed by atoms with Gasteiger partial charge in [0.2, 0.25) is 0 Å². The van der Waals surface area contributed by atoms with E-state index in [1.165, 1.54) is 0 Å². The average molecular weight is 242 g/mol. The molecule has 0 aliphatic heterocycles. The highest BCUT2D eigenvalue weighted by atomic mass is 35.5. The molecule has 5 nitrogen and oxygen atoms in total. The van der Waals surface area contributed by atoms with Crippen LogP contribution in [0.4, 0.5) is 5.69 Å². The van der Waals surface area contributed by atoms with E-state index in [0.717, 1.165) is 11.4 Å². The normalized spacial score (nSPS) is 10.6. The minimum Gasteiger partial charge on any atom is -0.448 e. The van der Waals surface area contributed by atoms with Crippen LogP contribution in [0, 0.1) is 0 Å². The maximum Gasteiger partial charge on any atom is 0.193 e. The Bertz CT molecular complexity index is 452. The van der Waals surface area contributed by atoms with Gasteiger partial charge in [-0.2, -0.15) is 5.10 Å². The van der Waals surface area contributed by atoms with E-state index in [-0.39, 0.29) is 6.61 Å². The minimum absolute atomic E-state index is 0.0783. The number of aromatic nitrogens is 2. The number of nitrogens with one attached hydrogen (secondary N) is 1. The zero-order chi connectivity index (χ0) is 11.4. The third-order valence-corrected chi connectivity index (χ3v) is 2.26. The number of hydrogen-bond donors (Lipinski definition) is 2. The summed E-state index contributed by atoms with van der Waals surface area (Å²) in [7, 11) is 0. The van der Waals surface area contributed by atoms with Crippen LogP contribution in [0.1, 0.15) is 5.76 Å². The van der Waals surface area contributed by atoms with Gasteiger partial charge in [0.15, 0.2) is 5.22 Å². The number of rotatable bonds is 5. The topological polar surface area (TPSA) is 63.2 Å². The predicted octanol–water partition coefficient (Wildman–Crippen LogP) is 1.73. The Morgan fingerprint density at radius 1 is 1.50 bits per heavy atom. The van der Waals surface area contributed by atoms with Crippen LogP contribution in [0.15, 0.2) is 28.9 Å². The van der Waals surface area contributed by atoms with Gasteiger partial charge in [-0.05, 0) is 23.7 Å². The smallest absolute Gasteiger partial charge is 0.193 e. The Kier molecular flexibility index (Phi) is 3.48. The molecule has 2 N–H and O–H groups in total. The lowest BCUT2D eigenvalue weighted by Gasteiger charge is -1.99. The number of halogens is 1. The summed E-state index contributed by atoms with van der Waals surface area (Å²) >= 11 is 5.65. The standard InChI is InChI=1S/C10H12ClN3O2/c11-10-2-1-9(16-10)6-12-8-5-13-14(7-8)3-4-15/h1-2,5,7,12,15H,3-4,6H2. The van der Waals surface area contributed by atoms with Gasteiger partial charge in [0, 0.05) is 6.20 Å². The lowest BCUT2D eigenvalue weighted by Crippen LogP contribution is -2.02. The number of aliphatic hydroxyl groups excluding tert-OH is 1. The van der Waals surface area contributed by atoms with Crippen LogP contribution in [0.25, 0.3) is 0 Å². The summed E-state index contributed by atoms with van der Waals surface area (Å²) in [5.74, 6) is 0.764. The van der Waals surface area contributed by atoms with Crippen LogP contribution >= 0.6 is 11.6 Å². The summed E-state index contributed by atoms with van der Waals surface area (Å²) in [6.07, 6.45) is 3.51. The molecular formula is C10H12ClN3O2. The quantitative estimate of drug-likeness (QED) is 0.837. The van der Waals surface area contributed by atoms with Gasteiger partial charge in [0.05, 0.1) is 31.6 Å². The molecule has 2 aromatic heterocycles. The Morgan fingerprint density at radius 2 is 2.38 bits per heavy atom. The monoisotopic (exact) mass is 241 g/mol. The van der Waals surface area contributed by atoms with Crippen molar-refractivity contribution in [3.8, 4) is 0 Å². The number of furan rings is 1. The fraction of sp³-hybridized carbons (Fsp3) is 0.300. The van der Waals surface area contributed by atoms with E-state index in [1.54, 1.807) is 16.9 Å². The first-order valence-electron chi connectivity index (χ1n) is 4.89. The van der Waals surface area contributed by atoms with Crippen molar-refractivity contribution in [3.63, 3.8) is 0 Å². The molecule has 0 amide bonds.